The van der Waals surface area contributed by atoms with Gasteiger partial charge in [0, 0.05) is 17.2 Å². The van der Waals surface area contributed by atoms with Crippen molar-refractivity contribution in [3.8, 4) is 11.8 Å². The maximum Gasteiger partial charge on any atom is 0.259 e. The van der Waals surface area contributed by atoms with Gasteiger partial charge in [0.2, 0.25) is 0 Å². The third kappa shape index (κ3) is 3.90. The van der Waals surface area contributed by atoms with Crippen LogP contribution in [-0.2, 0) is 17.7 Å². The van der Waals surface area contributed by atoms with Crippen LogP contribution in [-0.4, -0.2) is 19.7 Å². The summed E-state index contributed by atoms with van der Waals surface area (Å²) < 4.78 is 23.0. The van der Waals surface area contributed by atoms with E-state index in [0.717, 1.165) is 23.3 Å². The summed E-state index contributed by atoms with van der Waals surface area (Å²) in [6.07, 6.45) is 1.91. The first-order chi connectivity index (χ1) is 15.3. The van der Waals surface area contributed by atoms with Crippen LogP contribution in [0.5, 0.6) is 5.75 Å². The summed E-state index contributed by atoms with van der Waals surface area (Å²) in [5.41, 5.74) is 1.55. The summed E-state index contributed by atoms with van der Waals surface area (Å²) in [5, 5.41) is 29.8. The Morgan fingerprint density at radius 1 is 1.28 bits per heavy atom. The predicted octanol–water partition coefficient (Wildman–Crippen LogP) is 5.99. The van der Waals surface area contributed by atoms with Gasteiger partial charge >= 0.3 is 0 Å². The smallest absolute Gasteiger partial charge is 0.259 e. The fourth-order valence-corrected chi connectivity index (χ4v) is 5.36. The number of ketones is 1. The van der Waals surface area contributed by atoms with Crippen molar-refractivity contribution in [3.63, 3.8) is 0 Å². The number of carbonyl (C=O) groups excluding carboxylic acids is 1. The van der Waals surface area contributed by atoms with Crippen molar-refractivity contribution in [2.45, 2.75) is 33.1 Å². The fourth-order valence-electron chi connectivity index (χ4n) is 3.97. The van der Waals surface area contributed by atoms with E-state index in [-0.39, 0.29) is 16.9 Å². The third-order valence-corrected chi connectivity index (χ3v) is 7.39. The molecule has 164 valence electrons. The number of fused-ring (bicyclic) bond motifs is 2. The quantitative estimate of drug-likeness (QED) is 0.312. The summed E-state index contributed by atoms with van der Waals surface area (Å²) >= 11 is -1.16. The molecule has 1 heterocycles. The molecule has 0 saturated carbocycles. The molecule has 0 amide bonds. The van der Waals surface area contributed by atoms with Crippen LogP contribution >= 0.6 is 11.3 Å². The minimum absolute atomic E-state index is 0.0138. The SMILES string of the molecule is CCC1(C)CC(=O)c2sc(N=Nc3ccc(O)c4cccc(NS(=O)O)c34)c(C#N)c2C1. The molecule has 0 aliphatic heterocycles. The highest BCUT2D eigenvalue weighted by Crippen LogP contribution is 2.46. The van der Waals surface area contributed by atoms with Crippen LogP contribution in [0.3, 0.4) is 0 Å². The summed E-state index contributed by atoms with van der Waals surface area (Å²) in [5.74, 6) is 0.00520. The van der Waals surface area contributed by atoms with Crippen molar-refractivity contribution in [3.05, 3.63) is 46.3 Å². The molecule has 3 N–H and O–H groups in total. The number of rotatable bonds is 5. The van der Waals surface area contributed by atoms with Crippen molar-refractivity contribution in [1.29, 1.82) is 5.26 Å². The van der Waals surface area contributed by atoms with E-state index in [9.17, 15) is 23.9 Å². The molecule has 0 saturated heterocycles. The molecule has 2 aromatic carbocycles. The van der Waals surface area contributed by atoms with Crippen LogP contribution in [0.15, 0.2) is 40.6 Å². The molecule has 10 heteroatoms. The first-order valence-corrected chi connectivity index (χ1v) is 11.8. The van der Waals surface area contributed by atoms with Gasteiger partial charge < -0.3 is 5.11 Å². The molecule has 8 nitrogen and oxygen atoms in total. The van der Waals surface area contributed by atoms with E-state index in [2.05, 4.69) is 27.9 Å². The van der Waals surface area contributed by atoms with Crippen molar-refractivity contribution in [2.24, 2.45) is 15.6 Å². The lowest BCUT2D eigenvalue weighted by Crippen LogP contribution is -2.28. The minimum Gasteiger partial charge on any atom is -0.507 e. The largest absolute Gasteiger partial charge is 0.507 e. The lowest BCUT2D eigenvalue weighted by molar-refractivity contribution is 0.0900. The monoisotopic (exact) mass is 468 g/mol. The number of anilines is 1. The average Bonchev–Trinajstić information content (AvgIpc) is 3.10. The van der Waals surface area contributed by atoms with E-state index in [1.54, 1.807) is 18.2 Å². The predicted molar refractivity (Wildman–Crippen MR) is 124 cm³/mol. The number of nitrogens with zero attached hydrogens (tertiary/aromatic N) is 3. The Hall–Kier alpha value is -3.13. The first kappa shape index (κ1) is 22.1. The molecule has 0 spiro atoms. The number of nitriles is 1. The molecule has 0 radical (unpaired) electrons. The number of benzene rings is 2. The maximum atomic E-state index is 12.7. The van der Waals surface area contributed by atoms with Gasteiger partial charge in [-0.25, -0.2) is 4.21 Å². The Kier molecular flexibility index (Phi) is 5.81. The number of aromatic hydroxyl groups is 1. The molecule has 0 fully saturated rings. The number of hydrogen-bond donors (Lipinski definition) is 3. The number of azo groups is 1. The normalized spacial score (nSPS) is 19.1. The Balaban J connectivity index is 1.83. The van der Waals surface area contributed by atoms with Crippen LogP contribution in [0.4, 0.5) is 16.4 Å². The molecule has 4 rings (SSSR count). The summed E-state index contributed by atoms with van der Waals surface area (Å²) in [6, 6.07) is 10.1. The molecule has 1 aromatic heterocycles. The van der Waals surface area contributed by atoms with E-state index in [0.29, 0.717) is 50.4 Å². The van der Waals surface area contributed by atoms with E-state index in [1.807, 2.05) is 6.92 Å². The van der Waals surface area contributed by atoms with Crippen molar-refractivity contribution >= 4 is 55.5 Å². The van der Waals surface area contributed by atoms with E-state index in [4.69, 9.17) is 0 Å². The first-order valence-electron chi connectivity index (χ1n) is 9.89. The van der Waals surface area contributed by atoms with Gasteiger partial charge in [0.15, 0.2) is 10.8 Å². The van der Waals surface area contributed by atoms with Gasteiger partial charge in [0.1, 0.15) is 11.8 Å². The zero-order valence-corrected chi connectivity index (χ0v) is 19.0. The Labute approximate surface area is 191 Å². The van der Waals surface area contributed by atoms with Crippen LogP contribution < -0.4 is 4.72 Å². The number of Topliss-reactive ketones (excluding diaryl/α,β-unsaturated/α-hetero) is 1. The molecule has 3 aromatic rings. The van der Waals surface area contributed by atoms with E-state index < -0.39 is 11.3 Å². The average molecular weight is 469 g/mol. The molecule has 1 aliphatic rings. The van der Waals surface area contributed by atoms with Crippen LogP contribution in [0.25, 0.3) is 10.8 Å². The van der Waals surface area contributed by atoms with Gasteiger partial charge in [-0.3, -0.25) is 14.1 Å². The standard InChI is InChI=1S/C22H20N4O4S2/c1-3-22(2)9-13-14(11-23)21(31-20(13)18(28)10-22)25-24-15-7-8-17(27)12-5-4-6-16(19(12)15)26-32(29)30/h4-8,26-27H,3,9-10H2,1-2H3,(H,29,30). The second-order valence-corrected chi connectivity index (χ2v) is 9.73. The topological polar surface area (TPSA) is 135 Å². The van der Waals surface area contributed by atoms with Crippen LogP contribution in [0.2, 0.25) is 0 Å². The number of carbonyl (C=O) groups is 1. The molecular formula is C22H20N4O4S2. The zero-order valence-electron chi connectivity index (χ0n) is 17.4. The molecule has 2 atom stereocenters. The van der Waals surface area contributed by atoms with Crippen molar-refractivity contribution in [2.75, 3.05) is 4.72 Å². The number of phenols is 1. The van der Waals surface area contributed by atoms with Gasteiger partial charge in [-0.15, -0.1) is 21.6 Å². The van der Waals surface area contributed by atoms with Crippen molar-refractivity contribution < 1.29 is 18.7 Å². The molecule has 0 bridgehead atoms. The summed E-state index contributed by atoms with van der Waals surface area (Å²) in [4.78, 5) is 13.3. The lowest BCUT2D eigenvalue weighted by Gasteiger charge is -2.31. The molecule has 1 aliphatic carbocycles. The maximum absolute atomic E-state index is 12.7. The summed E-state index contributed by atoms with van der Waals surface area (Å²) in [7, 11) is 0. The van der Waals surface area contributed by atoms with Gasteiger partial charge in [0.25, 0.3) is 11.3 Å². The number of phenolic OH excluding ortho intramolecular Hbond substituents is 1. The fraction of sp³-hybridized carbons (Fsp3) is 0.273. The zero-order chi connectivity index (χ0) is 23.0. The Morgan fingerprint density at radius 2 is 2.06 bits per heavy atom. The van der Waals surface area contributed by atoms with Gasteiger partial charge in [-0.05, 0) is 42.0 Å². The summed E-state index contributed by atoms with van der Waals surface area (Å²) in [6.45, 7) is 4.09. The van der Waals surface area contributed by atoms with Gasteiger partial charge in [-0.1, -0.05) is 26.0 Å². The lowest BCUT2D eigenvalue weighted by atomic mass is 9.72. The second kappa shape index (κ2) is 8.43. The Bertz CT molecular complexity index is 1340. The highest BCUT2D eigenvalue weighted by atomic mass is 32.2. The highest BCUT2D eigenvalue weighted by molar-refractivity contribution is 7.80. The molecule has 32 heavy (non-hydrogen) atoms. The Morgan fingerprint density at radius 3 is 2.75 bits per heavy atom. The van der Waals surface area contributed by atoms with Gasteiger partial charge in [0.05, 0.1) is 21.8 Å². The number of thiophene rings is 1. The number of hydrogen-bond acceptors (Lipinski definition) is 7. The van der Waals surface area contributed by atoms with Crippen molar-refractivity contribution in [1.82, 2.24) is 0 Å². The molecular weight excluding hydrogens is 448 g/mol. The van der Waals surface area contributed by atoms with Gasteiger partial charge in [-0.2, -0.15) is 5.26 Å². The van der Waals surface area contributed by atoms with Crippen LogP contribution in [0, 0.1) is 16.7 Å². The second-order valence-electron chi connectivity index (χ2n) is 8.03. The van der Waals surface area contributed by atoms with Crippen LogP contribution in [0.1, 0.15) is 47.5 Å². The molecule has 2 unspecified atom stereocenters. The number of nitrogens with one attached hydrogen (secondary N) is 1. The van der Waals surface area contributed by atoms with E-state index >= 15 is 0 Å². The highest BCUT2D eigenvalue weighted by Gasteiger charge is 2.37. The minimum atomic E-state index is -2.32. The van der Waals surface area contributed by atoms with E-state index in [1.165, 1.54) is 12.1 Å². The third-order valence-electron chi connectivity index (χ3n) is 5.84.